The molecule has 0 aliphatic rings. The Hall–Kier alpha value is -1.72. The van der Waals surface area contributed by atoms with E-state index in [0.717, 1.165) is 22.2 Å². The number of carbonyl (C=O) groups excluding carboxylic acids is 1. The smallest absolute Gasteiger partial charge is 0.306 e. The number of thioether (sulfide) groups is 2. The van der Waals surface area contributed by atoms with Gasteiger partial charge in [-0.25, -0.2) is 0 Å². The zero-order valence-electron chi connectivity index (χ0n) is 12.7. The van der Waals surface area contributed by atoms with E-state index in [1.165, 1.54) is 29.2 Å². The first-order valence-corrected chi connectivity index (χ1v) is 9.46. The zero-order valence-corrected chi connectivity index (χ0v) is 15.1. The van der Waals surface area contributed by atoms with E-state index in [9.17, 15) is 19.3 Å². The molecule has 0 saturated carbocycles. The van der Waals surface area contributed by atoms with Gasteiger partial charge in [0, 0.05) is 11.8 Å². The lowest BCUT2D eigenvalue weighted by Gasteiger charge is -2.10. The summed E-state index contributed by atoms with van der Waals surface area (Å²) < 4.78 is 14.8. The van der Waals surface area contributed by atoms with Crippen molar-refractivity contribution < 1.29 is 14.1 Å². The van der Waals surface area contributed by atoms with Crippen molar-refractivity contribution in [2.24, 2.45) is 0 Å². The van der Waals surface area contributed by atoms with Crippen molar-refractivity contribution in [1.82, 2.24) is 10.2 Å². The average molecular weight is 388 g/mol. The molecule has 0 radical (unpaired) electrons. The molecule has 1 amide bonds. The lowest BCUT2D eigenvalue weighted by Crippen LogP contribution is -2.22. The van der Waals surface area contributed by atoms with E-state index in [4.69, 9.17) is 0 Å². The number of rotatable bonds is 7. The Bertz CT molecular complexity index is 756. The van der Waals surface area contributed by atoms with Gasteiger partial charge in [0.15, 0.2) is 8.68 Å². The highest BCUT2D eigenvalue weighted by Crippen LogP contribution is 2.31. The molecule has 24 heavy (non-hydrogen) atoms. The van der Waals surface area contributed by atoms with Crippen molar-refractivity contribution in [3.8, 4) is 0 Å². The molecule has 1 atom stereocenters. The van der Waals surface area contributed by atoms with Crippen LogP contribution in [0.1, 0.15) is 13.8 Å². The van der Waals surface area contributed by atoms with Gasteiger partial charge >= 0.3 is 5.69 Å². The number of amides is 1. The number of hydrogen-bond acceptors (Lipinski definition) is 8. The lowest BCUT2D eigenvalue weighted by molar-refractivity contribution is -0.387. The number of aromatic nitrogens is 2. The zero-order chi connectivity index (χ0) is 17.7. The molecule has 1 aromatic carbocycles. The first kappa shape index (κ1) is 18.6. The third-order valence-electron chi connectivity index (χ3n) is 2.71. The molecule has 1 aromatic heterocycles. The van der Waals surface area contributed by atoms with Crippen LogP contribution in [0.15, 0.2) is 26.9 Å². The molecule has 0 fully saturated rings. The number of benzene rings is 1. The molecule has 2 rings (SSSR count). The monoisotopic (exact) mass is 388 g/mol. The van der Waals surface area contributed by atoms with E-state index in [-0.39, 0.29) is 11.6 Å². The summed E-state index contributed by atoms with van der Waals surface area (Å²) in [4.78, 5) is 22.1. The molecular weight excluding hydrogens is 375 g/mol. The van der Waals surface area contributed by atoms with Gasteiger partial charge < -0.3 is 5.32 Å². The van der Waals surface area contributed by atoms with Crippen LogP contribution in [0.5, 0.6) is 0 Å². The van der Waals surface area contributed by atoms with Gasteiger partial charge in [-0.05, 0) is 24.8 Å². The minimum Gasteiger partial charge on any atom is -0.325 e. The molecule has 128 valence electrons. The van der Waals surface area contributed by atoms with Gasteiger partial charge in [0.1, 0.15) is 0 Å². The second-order valence-electron chi connectivity index (χ2n) is 4.44. The maximum atomic E-state index is 13.3. The maximum Gasteiger partial charge on any atom is 0.306 e. The summed E-state index contributed by atoms with van der Waals surface area (Å²) >= 11 is 4.22. The molecule has 0 bridgehead atoms. The molecule has 0 aliphatic heterocycles. The van der Waals surface area contributed by atoms with Crippen LogP contribution in [0.25, 0.3) is 0 Å². The van der Waals surface area contributed by atoms with Gasteiger partial charge in [-0.3, -0.25) is 14.9 Å². The van der Waals surface area contributed by atoms with Gasteiger partial charge in [-0.1, -0.05) is 41.8 Å². The number of anilines is 1. The Balaban J connectivity index is 2.00. The molecule has 1 N–H and O–H groups in total. The summed E-state index contributed by atoms with van der Waals surface area (Å²) in [6, 6.07) is 3.22. The molecule has 0 aliphatic carbocycles. The standard InChI is InChI=1S/C13H13FN4O3S3/c1-3-22-12-16-17-13(24-12)23-7(2)11(19)15-8-4-5-9(14)10(6-8)18(20)21/h4-7H,3H2,1-2H3,(H,15,19)/t7-/m0/s1. The highest BCUT2D eigenvalue weighted by molar-refractivity contribution is 8.03. The molecule has 0 unspecified atom stereocenters. The molecule has 7 nitrogen and oxygen atoms in total. The van der Waals surface area contributed by atoms with Crippen molar-refractivity contribution in [2.75, 3.05) is 11.1 Å². The number of halogens is 1. The Morgan fingerprint density at radius 1 is 1.46 bits per heavy atom. The molecule has 0 spiro atoms. The average Bonchev–Trinajstić information content (AvgIpc) is 2.96. The first-order chi connectivity index (χ1) is 11.4. The maximum absolute atomic E-state index is 13.3. The van der Waals surface area contributed by atoms with E-state index in [1.807, 2.05) is 6.92 Å². The molecule has 2 aromatic rings. The summed E-state index contributed by atoms with van der Waals surface area (Å²) in [5.74, 6) is -0.422. The number of carbonyl (C=O) groups is 1. The van der Waals surface area contributed by atoms with Crippen LogP contribution >= 0.6 is 34.9 Å². The predicted octanol–water partition coefficient (Wildman–Crippen LogP) is 3.82. The van der Waals surface area contributed by atoms with Crippen molar-refractivity contribution in [3.05, 3.63) is 34.1 Å². The largest absolute Gasteiger partial charge is 0.325 e. The molecule has 11 heteroatoms. The van der Waals surface area contributed by atoms with Gasteiger partial charge in [-0.2, -0.15) is 4.39 Å². The fraction of sp³-hybridized carbons (Fsp3) is 0.308. The minimum atomic E-state index is -0.949. The topological polar surface area (TPSA) is 98.0 Å². The van der Waals surface area contributed by atoms with Crippen molar-refractivity contribution >= 4 is 52.1 Å². The number of nitrogens with one attached hydrogen (secondary N) is 1. The summed E-state index contributed by atoms with van der Waals surface area (Å²) in [6.07, 6.45) is 0. The molecular formula is C13H13FN4O3S3. The van der Waals surface area contributed by atoms with Crippen LogP contribution < -0.4 is 5.32 Å². The number of nitro benzene ring substituents is 1. The summed E-state index contributed by atoms with van der Waals surface area (Å²) in [5, 5.41) is 20.8. The fourth-order valence-electron chi connectivity index (χ4n) is 1.61. The van der Waals surface area contributed by atoms with Crippen LogP contribution in [-0.4, -0.2) is 32.0 Å². The second-order valence-corrected chi connectivity index (χ2v) is 8.52. The van der Waals surface area contributed by atoms with E-state index in [2.05, 4.69) is 15.5 Å². The van der Waals surface area contributed by atoms with Gasteiger partial charge in [0.25, 0.3) is 0 Å². The van der Waals surface area contributed by atoms with Crippen LogP contribution in [0.4, 0.5) is 15.8 Å². The van der Waals surface area contributed by atoms with Crippen LogP contribution in [0.2, 0.25) is 0 Å². The van der Waals surface area contributed by atoms with Crippen molar-refractivity contribution in [2.45, 2.75) is 27.8 Å². The highest BCUT2D eigenvalue weighted by atomic mass is 32.2. The Morgan fingerprint density at radius 3 is 2.83 bits per heavy atom. The van der Waals surface area contributed by atoms with Gasteiger partial charge in [0.05, 0.1) is 10.2 Å². The Morgan fingerprint density at radius 2 is 2.17 bits per heavy atom. The van der Waals surface area contributed by atoms with E-state index in [1.54, 1.807) is 18.7 Å². The Kier molecular flexibility index (Phi) is 6.52. The van der Waals surface area contributed by atoms with Crippen LogP contribution in [-0.2, 0) is 4.79 Å². The minimum absolute atomic E-state index is 0.167. The normalized spacial score (nSPS) is 12.0. The fourth-order valence-corrected chi connectivity index (χ4v) is 4.67. The quantitative estimate of drug-likeness (QED) is 0.437. The SMILES string of the molecule is CCSc1nnc(S[C@@H](C)C(=O)Nc2ccc(F)c([N+](=O)[O-])c2)s1. The van der Waals surface area contributed by atoms with Crippen molar-refractivity contribution in [3.63, 3.8) is 0 Å². The first-order valence-electron chi connectivity index (χ1n) is 6.78. The van der Waals surface area contributed by atoms with E-state index in [0.29, 0.717) is 4.34 Å². The van der Waals surface area contributed by atoms with Crippen LogP contribution in [0, 0.1) is 15.9 Å². The summed E-state index contributed by atoms with van der Waals surface area (Å²) in [5.41, 5.74) is -0.515. The van der Waals surface area contributed by atoms with Crippen LogP contribution in [0.3, 0.4) is 0 Å². The van der Waals surface area contributed by atoms with Gasteiger partial charge in [-0.15, -0.1) is 10.2 Å². The predicted molar refractivity (Wildman–Crippen MR) is 93.3 cm³/mol. The number of nitrogens with zero attached hydrogens (tertiary/aromatic N) is 3. The highest BCUT2D eigenvalue weighted by Gasteiger charge is 2.20. The van der Waals surface area contributed by atoms with Crippen molar-refractivity contribution in [1.29, 1.82) is 0 Å². The van der Waals surface area contributed by atoms with E-state index < -0.39 is 21.7 Å². The summed E-state index contributed by atoms with van der Waals surface area (Å²) in [6.45, 7) is 3.70. The third-order valence-corrected chi connectivity index (χ3v) is 5.84. The molecule has 1 heterocycles. The lowest BCUT2D eigenvalue weighted by atomic mass is 10.2. The number of hydrogen-bond donors (Lipinski definition) is 1. The van der Waals surface area contributed by atoms with Gasteiger partial charge in [0.2, 0.25) is 11.7 Å². The summed E-state index contributed by atoms with van der Waals surface area (Å²) in [7, 11) is 0. The number of nitro groups is 1. The molecule has 0 saturated heterocycles. The third kappa shape index (κ3) is 4.89. The second kappa shape index (κ2) is 8.40. The Labute approximate surface area is 149 Å². The van der Waals surface area contributed by atoms with E-state index >= 15 is 0 Å².